The molecule has 0 bridgehead atoms. The molecule has 6 heteroatoms. The number of hydrogen-bond acceptors (Lipinski definition) is 4. The molecule has 0 spiro atoms. The van der Waals surface area contributed by atoms with E-state index in [4.69, 9.17) is 0 Å². The van der Waals surface area contributed by atoms with Crippen molar-refractivity contribution < 1.29 is 14.7 Å². The van der Waals surface area contributed by atoms with Crippen LogP contribution in [0.1, 0.15) is 110 Å². The molecule has 0 aromatic heterocycles. The molecule has 0 aliphatic heterocycles. The smallest absolute Gasteiger partial charge is 0.229 e. The maximum absolute atomic E-state index is 11.9. The van der Waals surface area contributed by atoms with Crippen LogP contribution in [0.4, 0.5) is 0 Å². The molecule has 0 radical (unpaired) electrons. The van der Waals surface area contributed by atoms with Gasteiger partial charge in [-0.25, -0.2) is 0 Å². The number of aliphatic hydroxyl groups is 1. The van der Waals surface area contributed by atoms with Gasteiger partial charge >= 0.3 is 0 Å². The van der Waals surface area contributed by atoms with Crippen molar-refractivity contribution in [2.75, 3.05) is 19.8 Å². The third kappa shape index (κ3) is 12.9. The number of allylic oxidation sites excluding steroid dienone is 1. The molecule has 1 aliphatic rings. The zero-order chi connectivity index (χ0) is 24.4. The Balaban J connectivity index is 2.35. The van der Waals surface area contributed by atoms with E-state index in [1.807, 2.05) is 0 Å². The van der Waals surface area contributed by atoms with Crippen molar-refractivity contribution in [2.24, 2.45) is 5.92 Å². The maximum atomic E-state index is 11.9. The van der Waals surface area contributed by atoms with Crippen LogP contribution in [0, 0.1) is 5.92 Å². The Morgan fingerprint density at radius 3 is 2.00 bits per heavy atom. The Morgan fingerprint density at radius 2 is 1.48 bits per heavy atom. The highest BCUT2D eigenvalue weighted by Gasteiger charge is 2.41. The fourth-order valence-corrected chi connectivity index (χ4v) is 5.89. The van der Waals surface area contributed by atoms with Gasteiger partial charge in [0, 0.05) is 20.0 Å². The van der Waals surface area contributed by atoms with Gasteiger partial charge in [-0.1, -0.05) is 83.3 Å². The summed E-state index contributed by atoms with van der Waals surface area (Å²) in [5.41, 5.74) is -0.850. The number of hydrogen-bond donors (Lipinski definition) is 3. The molecule has 1 fully saturated rings. The van der Waals surface area contributed by atoms with Crippen LogP contribution in [0.25, 0.3) is 0 Å². The average molecular weight is 483 g/mol. The van der Waals surface area contributed by atoms with Crippen molar-refractivity contribution in [1.82, 2.24) is 10.6 Å². The van der Waals surface area contributed by atoms with Crippen LogP contribution in [0.2, 0.25) is 0 Å². The van der Waals surface area contributed by atoms with Gasteiger partial charge in [0.05, 0.1) is 16.6 Å². The Hall–Kier alpha value is -1.01. The molecule has 0 heterocycles. The number of amides is 2. The highest BCUT2D eigenvalue weighted by Crippen LogP contribution is 2.39. The van der Waals surface area contributed by atoms with Gasteiger partial charge in [-0.05, 0) is 38.5 Å². The van der Waals surface area contributed by atoms with Crippen LogP contribution in [0.15, 0.2) is 12.2 Å². The zero-order valence-electron chi connectivity index (χ0n) is 21.5. The van der Waals surface area contributed by atoms with E-state index in [0.29, 0.717) is 31.4 Å². The normalized spacial score (nSPS) is 21.8. The largest absolute Gasteiger partial charge is 0.388 e. The second kappa shape index (κ2) is 18.3. The number of carbonyl (C=O) groups is 2. The highest BCUT2D eigenvalue weighted by atomic mass is 32.2. The van der Waals surface area contributed by atoms with E-state index in [9.17, 15) is 14.7 Å². The van der Waals surface area contributed by atoms with E-state index in [0.717, 1.165) is 6.42 Å². The van der Waals surface area contributed by atoms with Crippen LogP contribution in [-0.4, -0.2) is 47.6 Å². The summed E-state index contributed by atoms with van der Waals surface area (Å²) in [5.74, 6) is 0.371. The Kier molecular flexibility index (Phi) is 16.7. The summed E-state index contributed by atoms with van der Waals surface area (Å²) >= 11 is 1.51. The molecule has 1 aliphatic carbocycles. The molecule has 0 saturated heterocycles. The maximum Gasteiger partial charge on any atom is 0.229 e. The van der Waals surface area contributed by atoms with Crippen molar-refractivity contribution in [1.29, 1.82) is 0 Å². The van der Waals surface area contributed by atoms with Gasteiger partial charge in [-0.15, -0.1) is 11.8 Å². The fraction of sp³-hybridized carbons (Fsp3) is 0.852. The molecule has 2 amide bonds. The monoisotopic (exact) mass is 482 g/mol. The second-order valence-electron chi connectivity index (χ2n) is 9.65. The van der Waals surface area contributed by atoms with Crippen molar-refractivity contribution in [3.8, 4) is 0 Å². The number of thioether (sulfide) groups is 1. The van der Waals surface area contributed by atoms with Crippen molar-refractivity contribution in [3.63, 3.8) is 0 Å². The molecule has 1 saturated carbocycles. The van der Waals surface area contributed by atoms with E-state index < -0.39 is 5.60 Å². The second-order valence-corrected chi connectivity index (χ2v) is 10.8. The summed E-state index contributed by atoms with van der Waals surface area (Å²) in [6.45, 7) is 2.26. The van der Waals surface area contributed by atoms with Crippen LogP contribution < -0.4 is 10.6 Å². The molecule has 0 aromatic carbocycles. The van der Waals surface area contributed by atoms with E-state index >= 15 is 0 Å². The van der Waals surface area contributed by atoms with Crippen LogP contribution in [0.3, 0.4) is 0 Å². The number of rotatable bonds is 18. The molecule has 1 atom stereocenters. The standard InChI is InChI=1S/C27H50N2O3S/c1-4-5-6-7-8-9-10-11-12-13-14-15-16-17-24(33-22-25(30)28-2)27(32)20-18-23(19-21-27)26(31)29-3/h16-17,23-24,32H,4-15,18-22H2,1-3H3,(H,28,30)(H,29,31). The lowest BCUT2D eigenvalue weighted by molar-refractivity contribution is -0.127. The van der Waals surface area contributed by atoms with Gasteiger partial charge in [0.2, 0.25) is 11.8 Å². The van der Waals surface area contributed by atoms with E-state index in [-0.39, 0.29) is 23.0 Å². The summed E-state index contributed by atoms with van der Waals surface area (Å²) < 4.78 is 0. The SMILES string of the molecule is CCCCCCCCCCCCCC=CC(SCC(=O)NC)C1(O)CCC(C(=O)NC)CC1. The van der Waals surface area contributed by atoms with E-state index in [1.54, 1.807) is 14.1 Å². The molecule has 33 heavy (non-hydrogen) atoms. The predicted octanol–water partition coefficient (Wildman–Crippen LogP) is 5.76. The minimum Gasteiger partial charge on any atom is -0.388 e. The zero-order valence-corrected chi connectivity index (χ0v) is 22.3. The minimum absolute atomic E-state index is 0.0137. The van der Waals surface area contributed by atoms with E-state index in [2.05, 4.69) is 29.7 Å². The minimum atomic E-state index is -0.850. The van der Waals surface area contributed by atoms with Crippen molar-refractivity contribution in [3.05, 3.63) is 12.2 Å². The number of carbonyl (C=O) groups excluding carboxylic acids is 2. The fourth-order valence-electron chi connectivity index (χ4n) is 4.64. The summed E-state index contributed by atoms with van der Waals surface area (Å²) in [6.07, 6.45) is 22.6. The summed E-state index contributed by atoms with van der Waals surface area (Å²) in [5, 5.41) is 16.6. The first-order valence-electron chi connectivity index (χ1n) is 13.4. The van der Waals surface area contributed by atoms with Crippen molar-refractivity contribution >= 4 is 23.6 Å². The van der Waals surface area contributed by atoms with Gasteiger partial charge in [0.15, 0.2) is 0 Å². The van der Waals surface area contributed by atoms with Crippen LogP contribution >= 0.6 is 11.8 Å². The number of nitrogens with one attached hydrogen (secondary N) is 2. The first kappa shape index (κ1) is 30.0. The molecule has 0 aromatic rings. The van der Waals surface area contributed by atoms with Crippen LogP contribution in [0.5, 0.6) is 0 Å². The Bertz CT molecular complexity index is 560. The first-order chi connectivity index (χ1) is 16.0. The van der Waals surface area contributed by atoms with E-state index in [1.165, 1.54) is 82.4 Å². The van der Waals surface area contributed by atoms with Gasteiger partial charge in [-0.2, -0.15) is 0 Å². The topological polar surface area (TPSA) is 78.4 Å². The molecule has 192 valence electrons. The molecule has 1 unspecified atom stereocenters. The van der Waals surface area contributed by atoms with Crippen LogP contribution in [-0.2, 0) is 9.59 Å². The highest BCUT2D eigenvalue weighted by molar-refractivity contribution is 8.00. The van der Waals surface area contributed by atoms with Crippen molar-refractivity contribution in [2.45, 2.75) is 121 Å². The molecule has 1 rings (SSSR count). The summed E-state index contributed by atoms with van der Waals surface area (Å²) in [7, 11) is 3.31. The quantitative estimate of drug-likeness (QED) is 0.171. The molecule has 5 nitrogen and oxygen atoms in total. The third-order valence-corrected chi connectivity index (χ3v) is 8.34. The molecule has 3 N–H and O–H groups in total. The molecular weight excluding hydrogens is 432 g/mol. The third-order valence-electron chi connectivity index (χ3n) is 6.96. The summed E-state index contributed by atoms with van der Waals surface area (Å²) in [4.78, 5) is 23.7. The lowest BCUT2D eigenvalue weighted by Crippen LogP contribution is -2.45. The number of unbranched alkanes of at least 4 members (excludes halogenated alkanes) is 11. The van der Waals surface area contributed by atoms with Gasteiger partial charge in [0.25, 0.3) is 0 Å². The first-order valence-corrected chi connectivity index (χ1v) is 14.4. The predicted molar refractivity (Wildman–Crippen MR) is 142 cm³/mol. The Morgan fingerprint density at radius 1 is 0.939 bits per heavy atom. The van der Waals surface area contributed by atoms with Gasteiger partial charge in [-0.3, -0.25) is 9.59 Å². The lowest BCUT2D eigenvalue weighted by atomic mass is 9.76. The lowest BCUT2D eigenvalue weighted by Gasteiger charge is -2.39. The van der Waals surface area contributed by atoms with Gasteiger partial charge < -0.3 is 15.7 Å². The molecular formula is C27H50N2O3S. The van der Waals surface area contributed by atoms with Gasteiger partial charge in [0.1, 0.15) is 0 Å². The average Bonchev–Trinajstić information content (AvgIpc) is 2.83. The Labute approximate surface area is 207 Å². The summed E-state index contributed by atoms with van der Waals surface area (Å²) in [6, 6.07) is 0.